The molecule has 1 aromatic heterocycles. The number of carbonyl (C=O) groups is 2. The number of carbonyl (C=O) groups excluding carboxylic acids is 2. The molecule has 7 heteroatoms. The van der Waals surface area contributed by atoms with Gasteiger partial charge in [0.1, 0.15) is 6.61 Å². The lowest BCUT2D eigenvalue weighted by Gasteiger charge is -2.31. The van der Waals surface area contributed by atoms with Crippen molar-refractivity contribution in [2.45, 2.75) is 12.8 Å². The molecule has 3 rings (SSSR count). The molecule has 132 valence electrons. The number of piperidine rings is 1. The molecule has 6 nitrogen and oxygen atoms in total. The zero-order chi connectivity index (χ0) is 17.6. The third-order valence-corrected chi connectivity index (χ3v) is 4.88. The van der Waals surface area contributed by atoms with Crippen LogP contribution >= 0.6 is 11.3 Å². The molecule has 25 heavy (non-hydrogen) atoms. The molecule has 0 aliphatic carbocycles. The molecule has 0 spiro atoms. The molecule has 0 radical (unpaired) electrons. The maximum absolute atomic E-state index is 12.5. The van der Waals surface area contributed by atoms with E-state index >= 15 is 0 Å². The first-order valence-electron chi connectivity index (χ1n) is 8.23. The van der Waals surface area contributed by atoms with Gasteiger partial charge in [-0.1, -0.05) is 12.1 Å². The average Bonchev–Trinajstić information content (AvgIpc) is 3.17. The molecule has 0 saturated carbocycles. The minimum absolute atomic E-state index is 0.0451. The third-order valence-electron chi connectivity index (χ3n) is 4.29. The highest BCUT2D eigenvalue weighted by Gasteiger charge is 2.28. The number of rotatable bonds is 5. The molecule has 1 N–H and O–H groups in total. The fourth-order valence-electron chi connectivity index (χ4n) is 2.96. The highest BCUT2D eigenvalue weighted by molar-refractivity contribution is 7.07. The van der Waals surface area contributed by atoms with Crippen molar-refractivity contribution < 1.29 is 14.3 Å². The number of hydrogen-bond donors (Lipinski definition) is 1. The van der Waals surface area contributed by atoms with Gasteiger partial charge in [-0.25, -0.2) is 4.98 Å². The van der Waals surface area contributed by atoms with Crippen LogP contribution in [0.3, 0.4) is 0 Å². The number of thiazole rings is 1. The first-order valence-corrected chi connectivity index (χ1v) is 9.18. The van der Waals surface area contributed by atoms with Gasteiger partial charge < -0.3 is 15.0 Å². The Hall–Kier alpha value is -2.25. The van der Waals surface area contributed by atoms with Crippen LogP contribution in [-0.2, 0) is 14.3 Å². The third kappa shape index (κ3) is 4.43. The van der Waals surface area contributed by atoms with E-state index < -0.39 is 0 Å². The molecule has 0 bridgehead atoms. The largest absolute Gasteiger partial charge is 0.375 e. The number of aromatic nitrogens is 1. The van der Waals surface area contributed by atoms with Crippen molar-refractivity contribution in [3.05, 3.63) is 35.2 Å². The number of amides is 2. The first kappa shape index (κ1) is 17.6. The fourth-order valence-corrected chi connectivity index (χ4v) is 3.52. The van der Waals surface area contributed by atoms with Gasteiger partial charge in [0.25, 0.3) is 0 Å². The van der Waals surface area contributed by atoms with E-state index in [-0.39, 0.29) is 24.3 Å². The minimum Gasteiger partial charge on any atom is -0.375 e. The number of nitrogens with one attached hydrogen (secondary N) is 1. The van der Waals surface area contributed by atoms with E-state index in [9.17, 15) is 9.59 Å². The standard InChI is InChI=1S/C18H21N3O3S/c1-24-10-17(22)21-8-2-3-14(9-21)18(23)20-15-6-4-13(5-7-15)16-11-25-12-19-16/h4-7,11-12,14H,2-3,8-10H2,1H3,(H,20,23)/t14-/m1/s1. The van der Waals surface area contributed by atoms with Crippen LogP contribution < -0.4 is 5.32 Å². The van der Waals surface area contributed by atoms with Crippen molar-refractivity contribution in [1.29, 1.82) is 0 Å². The van der Waals surface area contributed by atoms with Crippen LogP contribution in [0.15, 0.2) is 35.2 Å². The smallest absolute Gasteiger partial charge is 0.248 e. The van der Waals surface area contributed by atoms with Gasteiger partial charge in [0, 0.05) is 36.8 Å². The summed E-state index contributed by atoms with van der Waals surface area (Å²) in [5.74, 6) is -0.295. The van der Waals surface area contributed by atoms with Crippen molar-refractivity contribution in [3.8, 4) is 11.3 Å². The van der Waals surface area contributed by atoms with Crippen LogP contribution in [-0.4, -0.2) is 48.5 Å². The number of hydrogen-bond acceptors (Lipinski definition) is 5. The second kappa shape index (κ2) is 8.22. The summed E-state index contributed by atoms with van der Waals surface area (Å²) in [6, 6.07) is 7.65. The second-order valence-electron chi connectivity index (χ2n) is 6.05. The van der Waals surface area contributed by atoms with E-state index in [0.29, 0.717) is 13.1 Å². The summed E-state index contributed by atoms with van der Waals surface area (Å²) in [6.45, 7) is 1.20. The lowest BCUT2D eigenvalue weighted by atomic mass is 9.97. The van der Waals surface area contributed by atoms with Gasteiger partial charge in [-0.05, 0) is 25.0 Å². The number of methoxy groups -OCH3 is 1. The van der Waals surface area contributed by atoms with Gasteiger partial charge in [0.05, 0.1) is 17.1 Å². The van der Waals surface area contributed by atoms with E-state index in [1.165, 1.54) is 7.11 Å². The summed E-state index contributed by atoms with van der Waals surface area (Å²) in [6.07, 6.45) is 1.62. The van der Waals surface area contributed by atoms with Crippen LogP contribution in [0.4, 0.5) is 5.69 Å². The zero-order valence-corrected chi connectivity index (χ0v) is 14.9. The van der Waals surface area contributed by atoms with Gasteiger partial charge in [-0.2, -0.15) is 0 Å². The number of nitrogens with zero attached hydrogens (tertiary/aromatic N) is 2. The first-order chi connectivity index (χ1) is 12.2. The van der Waals surface area contributed by atoms with Crippen LogP contribution in [0.25, 0.3) is 11.3 Å². The number of ether oxygens (including phenoxy) is 1. The van der Waals surface area contributed by atoms with Crippen LogP contribution in [0.2, 0.25) is 0 Å². The van der Waals surface area contributed by atoms with Crippen molar-refractivity contribution in [2.75, 3.05) is 32.1 Å². The van der Waals surface area contributed by atoms with Gasteiger partial charge in [-0.3, -0.25) is 9.59 Å². The number of anilines is 1. The molecular weight excluding hydrogens is 338 g/mol. The van der Waals surface area contributed by atoms with Gasteiger partial charge >= 0.3 is 0 Å². The van der Waals surface area contributed by atoms with E-state index in [0.717, 1.165) is 29.8 Å². The molecule has 1 saturated heterocycles. The van der Waals surface area contributed by atoms with Crippen LogP contribution in [0.5, 0.6) is 0 Å². The Morgan fingerprint density at radius 1 is 1.36 bits per heavy atom. The highest BCUT2D eigenvalue weighted by atomic mass is 32.1. The summed E-state index contributed by atoms with van der Waals surface area (Å²) >= 11 is 1.55. The molecule has 0 unspecified atom stereocenters. The minimum atomic E-state index is -0.187. The number of likely N-dealkylation sites (tertiary alicyclic amines) is 1. The molecule has 2 aromatic rings. The molecule has 2 amide bonds. The Labute approximate surface area is 150 Å². The summed E-state index contributed by atoms with van der Waals surface area (Å²) in [4.78, 5) is 30.4. The predicted octanol–water partition coefficient (Wildman–Crippen LogP) is 2.63. The summed E-state index contributed by atoms with van der Waals surface area (Å²) in [5, 5.41) is 4.94. The molecular formula is C18H21N3O3S. The highest BCUT2D eigenvalue weighted by Crippen LogP contribution is 2.23. The maximum Gasteiger partial charge on any atom is 0.248 e. The zero-order valence-electron chi connectivity index (χ0n) is 14.1. The van der Waals surface area contributed by atoms with E-state index in [4.69, 9.17) is 4.74 Å². The van der Waals surface area contributed by atoms with Crippen molar-refractivity contribution >= 4 is 28.8 Å². The lowest BCUT2D eigenvalue weighted by molar-refractivity contribution is -0.138. The summed E-state index contributed by atoms with van der Waals surface area (Å²) in [5.41, 5.74) is 4.50. The molecule has 1 aliphatic rings. The Kier molecular flexibility index (Phi) is 5.78. The molecule has 1 aliphatic heterocycles. The second-order valence-corrected chi connectivity index (χ2v) is 6.77. The van der Waals surface area contributed by atoms with E-state index in [1.54, 1.807) is 21.7 Å². The maximum atomic E-state index is 12.5. The van der Waals surface area contributed by atoms with Crippen molar-refractivity contribution in [2.24, 2.45) is 5.92 Å². The monoisotopic (exact) mass is 359 g/mol. The normalized spacial score (nSPS) is 17.3. The van der Waals surface area contributed by atoms with Gasteiger partial charge in [-0.15, -0.1) is 11.3 Å². The van der Waals surface area contributed by atoms with Crippen molar-refractivity contribution in [3.63, 3.8) is 0 Å². The Bertz CT molecular complexity index is 716. The fraction of sp³-hybridized carbons (Fsp3) is 0.389. The molecule has 1 atom stereocenters. The Balaban J connectivity index is 1.59. The van der Waals surface area contributed by atoms with E-state index in [1.807, 2.05) is 29.6 Å². The van der Waals surface area contributed by atoms with Gasteiger partial charge in [0.2, 0.25) is 11.8 Å². The van der Waals surface area contributed by atoms with E-state index in [2.05, 4.69) is 10.3 Å². The topological polar surface area (TPSA) is 71.5 Å². The lowest BCUT2D eigenvalue weighted by Crippen LogP contribution is -2.45. The quantitative estimate of drug-likeness (QED) is 0.891. The van der Waals surface area contributed by atoms with Crippen LogP contribution in [0, 0.1) is 5.92 Å². The van der Waals surface area contributed by atoms with Gasteiger partial charge in [0.15, 0.2) is 0 Å². The molecule has 1 fully saturated rings. The average molecular weight is 359 g/mol. The SMILES string of the molecule is COCC(=O)N1CCC[C@@H](C(=O)Nc2ccc(-c3cscn3)cc2)C1. The summed E-state index contributed by atoms with van der Waals surface area (Å²) in [7, 11) is 1.50. The Morgan fingerprint density at radius 2 is 2.16 bits per heavy atom. The molecule has 1 aromatic carbocycles. The van der Waals surface area contributed by atoms with Crippen molar-refractivity contribution in [1.82, 2.24) is 9.88 Å². The molecule has 2 heterocycles. The Morgan fingerprint density at radius 3 is 2.84 bits per heavy atom. The van der Waals surface area contributed by atoms with Crippen LogP contribution in [0.1, 0.15) is 12.8 Å². The predicted molar refractivity (Wildman–Crippen MR) is 97.4 cm³/mol. The number of benzene rings is 1. The summed E-state index contributed by atoms with van der Waals surface area (Å²) < 4.78 is 4.89.